The normalized spacial score (nSPS) is 22.3. The highest BCUT2D eigenvalue weighted by Crippen LogP contribution is 2.56. The Hall–Kier alpha value is -3.32. The number of aliphatic carboxylic acids is 1. The van der Waals surface area contributed by atoms with E-state index in [0.717, 1.165) is 16.2 Å². The summed E-state index contributed by atoms with van der Waals surface area (Å²) in [6.45, 7) is 7.17. The van der Waals surface area contributed by atoms with Crippen molar-refractivity contribution >= 4 is 19.7 Å². The van der Waals surface area contributed by atoms with Gasteiger partial charge in [0.1, 0.15) is 30.2 Å². The highest BCUT2D eigenvalue weighted by atomic mass is 31.2. The Balaban J connectivity index is 1.99. The monoisotopic (exact) mass is 571 g/mol. The predicted octanol–water partition coefficient (Wildman–Crippen LogP) is 2.67. The molecule has 0 saturated carbocycles. The van der Waals surface area contributed by atoms with Crippen LogP contribution in [0.1, 0.15) is 47.3 Å². The van der Waals surface area contributed by atoms with Crippen LogP contribution >= 0.6 is 7.75 Å². The second-order valence-electron chi connectivity index (χ2n) is 9.25. The SMILES string of the molecule is CC(=O)O[C@H]1C[C@H](n2cc(F)c(=O)[nH]c2=O)O[C@@H]1[C@H](C)O[P@](=O)(Oc1ccccc1)N(C(C)C)[C@@H](C)C(=O)O. The number of hydrogen-bond acceptors (Lipinski definition) is 9. The number of H-pyrrole nitrogens is 1. The highest BCUT2D eigenvalue weighted by molar-refractivity contribution is 7.51. The molecule has 1 aliphatic heterocycles. The molecule has 15 heteroatoms. The van der Waals surface area contributed by atoms with Crippen molar-refractivity contribution in [2.75, 3.05) is 0 Å². The molecule has 3 rings (SSSR count). The molecule has 1 fully saturated rings. The number of halogens is 1. The number of nitrogens with zero attached hydrogens (tertiary/aromatic N) is 2. The Morgan fingerprint density at radius 1 is 1.21 bits per heavy atom. The molecule has 2 heterocycles. The van der Waals surface area contributed by atoms with Crippen LogP contribution in [-0.4, -0.2) is 61.7 Å². The van der Waals surface area contributed by atoms with Gasteiger partial charge in [0, 0.05) is 19.4 Å². The molecule has 0 aliphatic carbocycles. The second kappa shape index (κ2) is 12.2. The molecule has 2 N–H and O–H groups in total. The topological polar surface area (TPSA) is 166 Å². The van der Waals surface area contributed by atoms with Crippen molar-refractivity contribution in [3.63, 3.8) is 0 Å². The Kier molecular flexibility index (Phi) is 9.49. The number of carboxylic acids is 1. The average molecular weight is 571 g/mol. The van der Waals surface area contributed by atoms with E-state index in [1.54, 1.807) is 32.0 Å². The number of nitrogens with one attached hydrogen (secondary N) is 1. The van der Waals surface area contributed by atoms with Crippen molar-refractivity contribution in [3.05, 3.63) is 63.2 Å². The summed E-state index contributed by atoms with van der Waals surface area (Å²) in [7, 11) is -4.45. The maximum Gasteiger partial charge on any atom is 0.462 e. The minimum absolute atomic E-state index is 0.132. The lowest BCUT2D eigenvalue weighted by atomic mass is 10.1. The molecule has 1 saturated heterocycles. The first-order valence-corrected chi connectivity index (χ1v) is 13.6. The minimum Gasteiger partial charge on any atom is -0.480 e. The van der Waals surface area contributed by atoms with Crippen molar-refractivity contribution in [3.8, 4) is 5.75 Å². The molecule has 1 aromatic carbocycles. The van der Waals surface area contributed by atoms with Gasteiger partial charge >= 0.3 is 25.4 Å². The third-order valence-electron chi connectivity index (χ3n) is 5.96. The van der Waals surface area contributed by atoms with Crippen LogP contribution in [0, 0.1) is 5.82 Å². The number of carboxylic acid groups (broad SMARTS) is 1. The van der Waals surface area contributed by atoms with Gasteiger partial charge < -0.3 is 19.1 Å². The summed E-state index contributed by atoms with van der Waals surface area (Å²) in [6, 6.07) is 6.09. The molecule has 1 aliphatic rings. The summed E-state index contributed by atoms with van der Waals surface area (Å²) < 4.78 is 53.2. The van der Waals surface area contributed by atoms with Crippen LogP contribution in [-0.2, 0) is 28.2 Å². The first-order chi connectivity index (χ1) is 18.2. The number of para-hydroxylation sites is 1. The van der Waals surface area contributed by atoms with Crippen molar-refractivity contribution in [2.45, 2.75) is 77.7 Å². The molecule has 39 heavy (non-hydrogen) atoms. The lowest BCUT2D eigenvalue weighted by Gasteiger charge is -2.37. The van der Waals surface area contributed by atoms with Crippen LogP contribution < -0.4 is 15.8 Å². The second-order valence-corrected chi connectivity index (χ2v) is 11.0. The van der Waals surface area contributed by atoms with Crippen molar-refractivity contribution in [1.82, 2.24) is 14.2 Å². The number of aromatic amines is 1. The third kappa shape index (κ3) is 7.01. The smallest absolute Gasteiger partial charge is 0.462 e. The van der Waals surface area contributed by atoms with Crippen LogP contribution in [0.5, 0.6) is 5.75 Å². The van der Waals surface area contributed by atoms with Gasteiger partial charge in [-0.3, -0.25) is 28.5 Å². The maximum absolute atomic E-state index is 14.4. The van der Waals surface area contributed by atoms with Gasteiger partial charge in [-0.25, -0.2) is 9.36 Å². The van der Waals surface area contributed by atoms with Crippen molar-refractivity contribution in [2.24, 2.45) is 0 Å². The van der Waals surface area contributed by atoms with E-state index in [4.69, 9.17) is 18.5 Å². The molecule has 0 spiro atoms. The van der Waals surface area contributed by atoms with Gasteiger partial charge in [-0.1, -0.05) is 18.2 Å². The van der Waals surface area contributed by atoms with Gasteiger partial charge in [0.25, 0.3) is 5.56 Å². The fraction of sp³-hybridized carbons (Fsp3) is 0.500. The molecule has 6 atom stereocenters. The van der Waals surface area contributed by atoms with Crippen LogP contribution in [0.4, 0.5) is 4.39 Å². The Labute approximate surface area is 223 Å². The molecule has 1 aromatic heterocycles. The Morgan fingerprint density at radius 3 is 2.41 bits per heavy atom. The quantitative estimate of drug-likeness (QED) is 0.301. The van der Waals surface area contributed by atoms with Gasteiger partial charge in [-0.15, -0.1) is 0 Å². The Bertz CT molecular complexity index is 1350. The molecule has 0 bridgehead atoms. The molecular formula is C24H31FN3O10P. The van der Waals surface area contributed by atoms with Crippen molar-refractivity contribution < 1.29 is 42.2 Å². The molecule has 2 aromatic rings. The fourth-order valence-electron chi connectivity index (χ4n) is 4.32. The van der Waals surface area contributed by atoms with Crippen molar-refractivity contribution in [1.29, 1.82) is 0 Å². The first-order valence-electron chi connectivity index (χ1n) is 12.1. The third-order valence-corrected chi connectivity index (χ3v) is 8.37. The van der Waals surface area contributed by atoms with Gasteiger partial charge in [0.15, 0.2) is 0 Å². The van der Waals surface area contributed by atoms with E-state index in [1.807, 2.05) is 4.98 Å². The van der Waals surface area contributed by atoms with Crippen LogP contribution in [0.3, 0.4) is 0 Å². The van der Waals surface area contributed by atoms with E-state index in [0.29, 0.717) is 6.20 Å². The number of esters is 1. The zero-order valence-corrected chi connectivity index (χ0v) is 22.9. The molecule has 13 nitrogen and oxygen atoms in total. The zero-order valence-electron chi connectivity index (χ0n) is 22.0. The summed E-state index contributed by atoms with van der Waals surface area (Å²) in [5, 5.41) is 9.70. The fourth-order valence-corrected chi connectivity index (χ4v) is 6.58. The summed E-state index contributed by atoms with van der Waals surface area (Å²) in [5.74, 6) is -3.04. The predicted molar refractivity (Wildman–Crippen MR) is 135 cm³/mol. The van der Waals surface area contributed by atoms with E-state index in [1.165, 1.54) is 26.0 Å². The summed E-state index contributed by atoms with van der Waals surface area (Å²) in [6.07, 6.45) is -4.01. The zero-order chi connectivity index (χ0) is 29.1. The van der Waals surface area contributed by atoms with Crippen LogP contribution in [0.25, 0.3) is 0 Å². The standard InChI is InChI=1S/C24H31FN3O10P/c1-13(2)28(14(3)23(31)32)39(34,38-17-9-7-6-8-10-17)37-15(4)21-19(35-16(5)29)11-20(36-21)27-12-18(25)22(30)26-24(27)33/h6-10,12-15,19-21H,11H2,1-5H3,(H,31,32)(H,26,30,33)/t14-,15-,19-,20+,21+,39-/m0/s1. The number of carbonyl (C=O) groups is 2. The Morgan fingerprint density at radius 2 is 1.85 bits per heavy atom. The van der Waals surface area contributed by atoms with E-state index in [2.05, 4.69) is 0 Å². The van der Waals surface area contributed by atoms with Gasteiger partial charge in [0.05, 0.1) is 12.3 Å². The van der Waals surface area contributed by atoms with Crippen LogP contribution in [0.2, 0.25) is 0 Å². The van der Waals surface area contributed by atoms with Crippen LogP contribution in [0.15, 0.2) is 46.1 Å². The summed E-state index contributed by atoms with van der Waals surface area (Å²) >= 11 is 0. The molecule has 214 valence electrons. The van der Waals surface area contributed by atoms with Gasteiger partial charge in [-0.2, -0.15) is 9.06 Å². The number of rotatable bonds is 11. The van der Waals surface area contributed by atoms with Gasteiger partial charge in [0.2, 0.25) is 5.82 Å². The lowest BCUT2D eigenvalue weighted by Crippen LogP contribution is -2.44. The van der Waals surface area contributed by atoms with E-state index >= 15 is 0 Å². The summed E-state index contributed by atoms with van der Waals surface area (Å²) in [5.41, 5.74) is -2.17. The lowest BCUT2D eigenvalue weighted by molar-refractivity contribution is -0.152. The number of carbonyl (C=O) groups excluding carboxylic acids is 1. The first kappa shape index (κ1) is 30.2. The summed E-state index contributed by atoms with van der Waals surface area (Å²) in [4.78, 5) is 49.3. The molecule has 0 radical (unpaired) electrons. The van der Waals surface area contributed by atoms with E-state index in [9.17, 15) is 33.2 Å². The molecule has 0 amide bonds. The maximum atomic E-state index is 14.4. The largest absolute Gasteiger partial charge is 0.480 e. The van der Waals surface area contributed by atoms with Gasteiger partial charge in [-0.05, 0) is 39.8 Å². The number of benzene rings is 1. The number of ether oxygens (including phenoxy) is 2. The van der Waals surface area contributed by atoms with E-state index in [-0.39, 0.29) is 12.2 Å². The molecular weight excluding hydrogens is 540 g/mol. The van der Waals surface area contributed by atoms with E-state index < -0.39 is 73.4 Å². The molecule has 0 unspecified atom stereocenters. The highest BCUT2D eigenvalue weighted by Gasteiger charge is 2.49. The average Bonchev–Trinajstić information content (AvgIpc) is 3.24. The number of aromatic nitrogens is 2. The minimum atomic E-state index is -4.45. The number of hydrogen-bond donors (Lipinski definition) is 2.